The molecule has 1 amide bonds. The van der Waals surface area contributed by atoms with Gasteiger partial charge in [-0.1, -0.05) is 48.0 Å². The van der Waals surface area contributed by atoms with Gasteiger partial charge >= 0.3 is 5.69 Å². The van der Waals surface area contributed by atoms with E-state index in [0.717, 1.165) is 27.8 Å². The second-order valence-corrected chi connectivity index (χ2v) is 8.10. The average molecular weight is 438 g/mol. The van der Waals surface area contributed by atoms with Gasteiger partial charge in [0.25, 0.3) is 5.91 Å². The van der Waals surface area contributed by atoms with Gasteiger partial charge in [0.1, 0.15) is 5.69 Å². The lowest BCUT2D eigenvalue weighted by molar-refractivity contribution is 0.102. The summed E-state index contributed by atoms with van der Waals surface area (Å²) in [7, 11) is 3.45. The fourth-order valence-corrected chi connectivity index (χ4v) is 3.96. The van der Waals surface area contributed by atoms with E-state index in [1.54, 1.807) is 46.2 Å². The summed E-state index contributed by atoms with van der Waals surface area (Å²) in [6.07, 6.45) is 1.75. The van der Waals surface area contributed by atoms with Gasteiger partial charge in [-0.2, -0.15) is 5.10 Å². The van der Waals surface area contributed by atoms with Gasteiger partial charge < -0.3 is 5.32 Å². The fraction of sp³-hybridized carbons (Fsp3) is 0.115. The molecule has 0 aliphatic rings. The van der Waals surface area contributed by atoms with E-state index in [9.17, 15) is 9.59 Å². The number of nitrogens with zero attached hydrogens (tertiary/aromatic N) is 4. The molecule has 0 saturated carbocycles. The van der Waals surface area contributed by atoms with Gasteiger partial charge in [0, 0.05) is 31.5 Å². The highest BCUT2D eigenvalue weighted by molar-refractivity contribution is 6.08. The van der Waals surface area contributed by atoms with Crippen LogP contribution in [0.5, 0.6) is 0 Å². The van der Waals surface area contributed by atoms with Crippen LogP contribution in [0.2, 0.25) is 0 Å². The number of aromatic nitrogens is 4. The molecule has 5 rings (SSSR count). The van der Waals surface area contributed by atoms with Crippen molar-refractivity contribution in [2.75, 3.05) is 5.32 Å². The molecular formula is C26H23N5O2. The third kappa shape index (κ3) is 3.63. The van der Waals surface area contributed by atoms with Crippen LogP contribution in [0.4, 0.5) is 5.69 Å². The molecule has 0 atom stereocenters. The molecule has 2 heterocycles. The van der Waals surface area contributed by atoms with Crippen LogP contribution in [0.25, 0.3) is 28.0 Å². The van der Waals surface area contributed by atoms with E-state index < -0.39 is 0 Å². The Bertz CT molecular complexity index is 1540. The molecule has 7 nitrogen and oxygen atoms in total. The van der Waals surface area contributed by atoms with E-state index >= 15 is 0 Å². The zero-order valence-corrected chi connectivity index (χ0v) is 18.6. The Morgan fingerprint density at radius 2 is 1.58 bits per heavy atom. The van der Waals surface area contributed by atoms with Crippen molar-refractivity contribution in [2.24, 2.45) is 14.1 Å². The minimum atomic E-state index is -0.271. The number of carbonyl (C=O) groups is 1. The lowest BCUT2D eigenvalue weighted by atomic mass is 10.1. The Kier molecular flexibility index (Phi) is 4.94. The van der Waals surface area contributed by atoms with Gasteiger partial charge in [-0.15, -0.1) is 0 Å². The van der Waals surface area contributed by atoms with Gasteiger partial charge in [-0.3, -0.25) is 13.9 Å². The molecule has 0 unspecified atom stereocenters. The smallest absolute Gasteiger partial charge is 0.322 e. The van der Waals surface area contributed by atoms with Gasteiger partial charge in [0.05, 0.1) is 22.3 Å². The summed E-state index contributed by atoms with van der Waals surface area (Å²) in [5.41, 5.74) is 5.99. The topological polar surface area (TPSA) is 73.8 Å². The monoisotopic (exact) mass is 437 g/mol. The SMILES string of the molecule is Cc1ccc(-n2cc(C(=O)Nc3ccc4c(c3)n(C)c(=O)n4C)c(-c3ccccc3)n2)cc1. The first-order chi connectivity index (χ1) is 15.9. The number of hydrogen-bond donors (Lipinski definition) is 1. The molecule has 0 saturated heterocycles. The van der Waals surface area contributed by atoms with Crippen LogP contribution in [-0.2, 0) is 14.1 Å². The average Bonchev–Trinajstić information content (AvgIpc) is 3.37. The molecule has 1 N–H and O–H groups in total. The summed E-state index contributed by atoms with van der Waals surface area (Å²) in [6, 6.07) is 23.1. The van der Waals surface area contributed by atoms with E-state index in [-0.39, 0.29) is 11.6 Å². The molecule has 5 aromatic rings. The highest BCUT2D eigenvalue weighted by Gasteiger charge is 2.19. The molecule has 164 valence electrons. The summed E-state index contributed by atoms with van der Waals surface area (Å²) < 4.78 is 4.87. The molecule has 33 heavy (non-hydrogen) atoms. The predicted octanol–water partition coefficient (Wildman–Crippen LogP) is 4.29. The molecule has 0 fully saturated rings. The van der Waals surface area contributed by atoms with Crippen molar-refractivity contribution in [2.45, 2.75) is 6.92 Å². The largest absolute Gasteiger partial charge is 0.328 e. The highest BCUT2D eigenvalue weighted by Crippen LogP contribution is 2.25. The maximum Gasteiger partial charge on any atom is 0.328 e. The second-order valence-electron chi connectivity index (χ2n) is 8.10. The van der Waals surface area contributed by atoms with Gasteiger partial charge in [-0.25, -0.2) is 9.48 Å². The molecular weight excluding hydrogens is 414 g/mol. The van der Waals surface area contributed by atoms with Crippen molar-refractivity contribution in [1.82, 2.24) is 18.9 Å². The van der Waals surface area contributed by atoms with E-state index in [2.05, 4.69) is 5.32 Å². The lowest BCUT2D eigenvalue weighted by Gasteiger charge is -2.06. The normalized spacial score (nSPS) is 11.1. The number of benzene rings is 3. The summed E-state index contributed by atoms with van der Waals surface area (Å²) in [6.45, 7) is 2.03. The predicted molar refractivity (Wildman–Crippen MR) is 130 cm³/mol. The molecule has 2 aromatic heterocycles. The van der Waals surface area contributed by atoms with Crippen LogP contribution in [0.1, 0.15) is 15.9 Å². The van der Waals surface area contributed by atoms with Crippen molar-refractivity contribution >= 4 is 22.6 Å². The van der Waals surface area contributed by atoms with Crippen molar-refractivity contribution in [3.8, 4) is 16.9 Å². The number of rotatable bonds is 4. The van der Waals surface area contributed by atoms with Crippen LogP contribution < -0.4 is 11.0 Å². The maximum atomic E-state index is 13.4. The summed E-state index contributed by atoms with van der Waals surface area (Å²) in [4.78, 5) is 25.6. The molecule has 7 heteroatoms. The Hall–Kier alpha value is -4.39. The van der Waals surface area contributed by atoms with Gasteiger partial charge in [0.2, 0.25) is 0 Å². The van der Waals surface area contributed by atoms with E-state index in [4.69, 9.17) is 5.10 Å². The quantitative estimate of drug-likeness (QED) is 0.456. The van der Waals surface area contributed by atoms with Crippen molar-refractivity contribution < 1.29 is 4.79 Å². The Labute approximate surface area is 190 Å². The Morgan fingerprint density at radius 3 is 2.30 bits per heavy atom. The van der Waals surface area contributed by atoms with Crippen LogP contribution in [0, 0.1) is 6.92 Å². The molecule has 0 radical (unpaired) electrons. The zero-order valence-electron chi connectivity index (χ0n) is 18.6. The number of anilines is 1. The summed E-state index contributed by atoms with van der Waals surface area (Å²) >= 11 is 0. The number of nitrogens with one attached hydrogen (secondary N) is 1. The van der Waals surface area contributed by atoms with Crippen molar-refractivity contribution in [3.05, 3.63) is 101 Å². The first-order valence-corrected chi connectivity index (χ1v) is 10.6. The molecule has 0 aliphatic heterocycles. The van der Waals surface area contributed by atoms with E-state index in [0.29, 0.717) is 16.9 Å². The number of carbonyl (C=O) groups excluding carboxylic acids is 1. The minimum absolute atomic E-state index is 0.112. The minimum Gasteiger partial charge on any atom is -0.322 e. The van der Waals surface area contributed by atoms with Crippen molar-refractivity contribution in [1.29, 1.82) is 0 Å². The van der Waals surface area contributed by atoms with E-state index in [1.165, 1.54) is 0 Å². The number of aryl methyl sites for hydroxylation is 3. The highest BCUT2D eigenvalue weighted by atomic mass is 16.2. The molecule has 0 bridgehead atoms. The third-order valence-corrected chi connectivity index (χ3v) is 5.83. The van der Waals surface area contributed by atoms with Crippen LogP contribution in [0.3, 0.4) is 0 Å². The van der Waals surface area contributed by atoms with Gasteiger partial charge in [0.15, 0.2) is 0 Å². The number of fused-ring (bicyclic) bond motifs is 1. The first-order valence-electron chi connectivity index (χ1n) is 10.6. The molecule has 0 spiro atoms. The Morgan fingerprint density at radius 1 is 0.879 bits per heavy atom. The molecule has 3 aromatic carbocycles. The van der Waals surface area contributed by atoms with Gasteiger partial charge in [-0.05, 0) is 37.3 Å². The Balaban J connectivity index is 1.55. The van der Waals surface area contributed by atoms with Crippen molar-refractivity contribution in [3.63, 3.8) is 0 Å². The fourth-order valence-electron chi connectivity index (χ4n) is 3.96. The summed E-state index contributed by atoms with van der Waals surface area (Å²) in [5.74, 6) is -0.271. The summed E-state index contributed by atoms with van der Waals surface area (Å²) in [5, 5.41) is 7.70. The van der Waals surface area contributed by atoms with Crippen LogP contribution in [-0.4, -0.2) is 24.8 Å². The zero-order chi connectivity index (χ0) is 23.1. The van der Waals surface area contributed by atoms with Crippen LogP contribution >= 0.6 is 0 Å². The number of hydrogen-bond acceptors (Lipinski definition) is 3. The lowest BCUT2D eigenvalue weighted by Crippen LogP contribution is -2.19. The number of amides is 1. The van der Waals surface area contributed by atoms with Crippen LogP contribution in [0.15, 0.2) is 83.8 Å². The van der Waals surface area contributed by atoms with E-state index in [1.807, 2.05) is 67.6 Å². The standard InChI is InChI=1S/C26H23N5O2/c1-17-9-12-20(13-10-17)31-16-21(24(28-31)18-7-5-4-6-8-18)25(32)27-19-11-14-22-23(15-19)30(3)26(33)29(22)2/h4-16H,1-3H3,(H,27,32). The first kappa shape index (κ1) is 20.5. The second kappa shape index (κ2) is 7.94. The third-order valence-electron chi connectivity index (χ3n) is 5.83. The molecule has 0 aliphatic carbocycles. The maximum absolute atomic E-state index is 13.4. The number of imidazole rings is 1.